The van der Waals surface area contributed by atoms with Crippen molar-refractivity contribution in [3.05, 3.63) is 12.3 Å². The molecule has 0 aliphatic heterocycles. The van der Waals surface area contributed by atoms with Crippen LogP contribution >= 0.6 is 0 Å². The van der Waals surface area contributed by atoms with Gasteiger partial charge in [0.2, 0.25) is 0 Å². The molecule has 0 N–H and O–H groups in total. The lowest BCUT2D eigenvalue weighted by Crippen LogP contribution is -2.36. The van der Waals surface area contributed by atoms with Crippen molar-refractivity contribution in [3.63, 3.8) is 0 Å². The largest absolute Gasteiger partial charge is 0.366 e. The highest BCUT2D eigenvalue weighted by Gasteiger charge is 2.20. The van der Waals surface area contributed by atoms with Crippen LogP contribution < -0.4 is 5.38 Å². The van der Waals surface area contributed by atoms with Gasteiger partial charge in [-0.05, 0) is 0 Å². The molecule has 0 unspecified atom stereocenters. The van der Waals surface area contributed by atoms with Crippen molar-refractivity contribution in [3.8, 4) is 0 Å². The van der Waals surface area contributed by atoms with E-state index < -0.39 is 8.07 Å². The summed E-state index contributed by atoms with van der Waals surface area (Å²) in [6, 6.07) is 1.83. The smallest absolute Gasteiger partial charge is 0.135 e. The third kappa shape index (κ3) is 1.42. The summed E-state index contributed by atoms with van der Waals surface area (Å²) in [5.41, 5.74) is 0. The lowest BCUT2D eigenvalue weighted by molar-refractivity contribution is 0.441. The van der Waals surface area contributed by atoms with Crippen molar-refractivity contribution < 1.29 is 4.52 Å². The molecular weight excluding hydrogens is 130 g/mol. The van der Waals surface area contributed by atoms with E-state index >= 15 is 0 Å². The van der Waals surface area contributed by atoms with Gasteiger partial charge in [-0.2, -0.15) is 0 Å². The summed E-state index contributed by atoms with van der Waals surface area (Å²) in [5, 5.41) is 4.54. The predicted octanol–water partition coefficient (Wildman–Crippen LogP) is 1.02. The van der Waals surface area contributed by atoms with Gasteiger partial charge in [0.1, 0.15) is 19.7 Å². The molecule has 0 saturated carbocycles. The van der Waals surface area contributed by atoms with Crippen molar-refractivity contribution in [2.75, 3.05) is 0 Å². The Labute approximate surface area is 55.9 Å². The van der Waals surface area contributed by atoms with Crippen molar-refractivity contribution in [2.45, 2.75) is 19.6 Å². The second-order valence-electron chi connectivity index (χ2n) is 3.07. The van der Waals surface area contributed by atoms with Crippen LogP contribution in [0.2, 0.25) is 19.6 Å². The molecule has 0 bridgehead atoms. The monoisotopic (exact) mass is 140 g/mol. The van der Waals surface area contributed by atoms with Crippen molar-refractivity contribution in [2.24, 2.45) is 0 Å². The standard InChI is InChI=1S/C6H10NOSi/c1-9(2,3)6-4-5-7-8-6/h4H,1-3H3. The minimum atomic E-state index is -1.24. The second-order valence-corrected chi connectivity index (χ2v) is 8.06. The van der Waals surface area contributed by atoms with Gasteiger partial charge in [0.25, 0.3) is 0 Å². The number of hydrogen-bond acceptors (Lipinski definition) is 2. The fraction of sp³-hybridized carbons (Fsp3) is 0.500. The van der Waals surface area contributed by atoms with Gasteiger partial charge in [0, 0.05) is 6.07 Å². The topological polar surface area (TPSA) is 26.0 Å². The van der Waals surface area contributed by atoms with Crippen LogP contribution in [0.15, 0.2) is 10.6 Å². The summed E-state index contributed by atoms with van der Waals surface area (Å²) in [6.45, 7) is 6.63. The van der Waals surface area contributed by atoms with Crippen molar-refractivity contribution in [1.82, 2.24) is 5.16 Å². The highest BCUT2D eigenvalue weighted by atomic mass is 28.3. The van der Waals surface area contributed by atoms with Gasteiger partial charge < -0.3 is 4.52 Å². The second kappa shape index (κ2) is 1.99. The van der Waals surface area contributed by atoms with Crippen LogP contribution in [0.5, 0.6) is 0 Å². The molecule has 1 radical (unpaired) electrons. The van der Waals surface area contributed by atoms with Crippen LogP contribution in [0.3, 0.4) is 0 Å². The Morgan fingerprint density at radius 2 is 2.22 bits per heavy atom. The molecule has 1 rings (SSSR count). The molecule has 0 saturated heterocycles. The minimum Gasteiger partial charge on any atom is -0.366 e. The third-order valence-corrected chi connectivity index (χ3v) is 2.85. The van der Waals surface area contributed by atoms with Crippen LogP contribution in [0.1, 0.15) is 0 Å². The Kier molecular flexibility index (Phi) is 1.44. The SMILES string of the molecule is C[Si](C)(C)c1c[c]no1. The normalized spacial score (nSPS) is 11.9. The van der Waals surface area contributed by atoms with E-state index in [2.05, 4.69) is 31.0 Å². The predicted molar refractivity (Wildman–Crippen MR) is 38.3 cm³/mol. The Hall–Kier alpha value is -0.573. The summed E-state index contributed by atoms with van der Waals surface area (Å²) in [4.78, 5) is 0. The van der Waals surface area contributed by atoms with Crippen LogP contribution in [-0.4, -0.2) is 13.2 Å². The van der Waals surface area contributed by atoms with Gasteiger partial charge >= 0.3 is 0 Å². The molecule has 49 valence electrons. The van der Waals surface area contributed by atoms with E-state index in [9.17, 15) is 0 Å². The zero-order chi connectivity index (χ0) is 6.91. The lowest BCUT2D eigenvalue weighted by atomic mass is 10.8. The molecule has 0 aliphatic carbocycles. The van der Waals surface area contributed by atoms with E-state index in [1.54, 1.807) is 0 Å². The summed E-state index contributed by atoms with van der Waals surface area (Å²) in [6.07, 6.45) is 2.65. The molecule has 0 aromatic carbocycles. The maximum atomic E-state index is 4.95. The maximum Gasteiger partial charge on any atom is 0.135 e. The third-order valence-electron chi connectivity index (χ3n) is 1.13. The van der Waals surface area contributed by atoms with Gasteiger partial charge in [-0.25, -0.2) is 0 Å². The highest BCUT2D eigenvalue weighted by molar-refractivity contribution is 6.87. The van der Waals surface area contributed by atoms with Gasteiger partial charge in [0.05, 0.1) is 0 Å². The first-order chi connectivity index (χ1) is 4.11. The van der Waals surface area contributed by atoms with Crippen molar-refractivity contribution in [1.29, 1.82) is 0 Å². The van der Waals surface area contributed by atoms with E-state index in [1.165, 1.54) is 0 Å². The van der Waals surface area contributed by atoms with Crippen LogP contribution in [0.4, 0.5) is 0 Å². The lowest BCUT2D eigenvalue weighted by Gasteiger charge is -2.08. The zero-order valence-corrected chi connectivity index (χ0v) is 6.93. The molecule has 3 heteroatoms. The molecule has 0 fully saturated rings. The average Bonchev–Trinajstić information content (AvgIpc) is 2.08. The molecule has 0 atom stereocenters. The first kappa shape index (κ1) is 6.55. The van der Waals surface area contributed by atoms with Gasteiger partial charge in [-0.1, -0.05) is 24.8 Å². The van der Waals surface area contributed by atoms with Gasteiger partial charge in [0.15, 0.2) is 0 Å². The molecular formula is C6H10NOSi. The first-order valence-electron chi connectivity index (χ1n) is 2.94. The molecule has 1 aromatic rings. The zero-order valence-electron chi connectivity index (χ0n) is 5.93. The first-order valence-corrected chi connectivity index (χ1v) is 6.44. The van der Waals surface area contributed by atoms with Gasteiger partial charge in [-0.15, -0.1) is 0 Å². The van der Waals surface area contributed by atoms with E-state index in [0.717, 1.165) is 5.38 Å². The van der Waals surface area contributed by atoms with Crippen LogP contribution in [0.25, 0.3) is 0 Å². The Bertz CT molecular complexity index is 175. The van der Waals surface area contributed by atoms with Crippen molar-refractivity contribution >= 4 is 13.5 Å². The Morgan fingerprint density at radius 1 is 1.56 bits per heavy atom. The molecule has 2 nitrogen and oxygen atoms in total. The Morgan fingerprint density at radius 3 is 2.44 bits per heavy atom. The van der Waals surface area contributed by atoms with E-state index in [-0.39, 0.29) is 0 Å². The van der Waals surface area contributed by atoms with Crippen LogP contribution in [-0.2, 0) is 0 Å². The number of rotatable bonds is 1. The highest BCUT2D eigenvalue weighted by Crippen LogP contribution is 1.99. The minimum absolute atomic E-state index is 1.02. The van der Waals surface area contributed by atoms with E-state index in [0.29, 0.717) is 0 Å². The fourth-order valence-corrected chi connectivity index (χ4v) is 1.36. The molecule has 9 heavy (non-hydrogen) atoms. The maximum absolute atomic E-state index is 4.95. The van der Waals surface area contributed by atoms with E-state index in [1.807, 2.05) is 6.07 Å². The number of aromatic nitrogens is 1. The molecule has 0 amide bonds. The summed E-state index contributed by atoms with van der Waals surface area (Å²) >= 11 is 0. The molecule has 0 spiro atoms. The molecule has 0 aliphatic rings. The summed E-state index contributed by atoms with van der Waals surface area (Å²) in [5.74, 6) is 0. The summed E-state index contributed by atoms with van der Waals surface area (Å²) < 4.78 is 4.95. The van der Waals surface area contributed by atoms with E-state index in [4.69, 9.17) is 4.52 Å². The van der Waals surface area contributed by atoms with Crippen LogP contribution in [0, 0.1) is 6.20 Å². The average molecular weight is 140 g/mol. The quantitative estimate of drug-likeness (QED) is 0.544. The number of hydrogen-bond donors (Lipinski definition) is 0. The molecule has 1 heterocycles. The van der Waals surface area contributed by atoms with Gasteiger partial charge in [-0.3, -0.25) is 0 Å². The number of nitrogens with zero attached hydrogens (tertiary/aromatic N) is 1. The fourth-order valence-electron chi connectivity index (χ4n) is 0.540. The molecule has 1 aromatic heterocycles. The Balaban J connectivity index is 2.90. The summed E-state index contributed by atoms with van der Waals surface area (Å²) in [7, 11) is -1.24.